The Bertz CT molecular complexity index is 1060. The molecule has 2 aliphatic heterocycles. The maximum atomic E-state index is 6.83. The van der Waals surface area contributed by atoms with Gasteiger partial charge < -0.3 is 0 Å². The Labute approximate surface area is 170 Å². The lowest BCUT2D eigenvalue weighted by atomic mass is 10.2. The molecule has 27 heavy (non-hydrogen) atoms. The highest BCUT2D eigenvalue weighted by Gasteiger charge is 2.42. The number of benzene rings is 1. The van der Waals surface area contributed by atoms with Gasteiger partial charge in [-0.15, -0.1) is 10.2 Å². The number of nitrogens with zero attached hydrogens (tertiary/aromatic N) is 6. The van der Waals surface area contributed by atoms with E-state index >= 15 is 0 Å². The average Bonchev–Trinajstić information content (AvgIpc) is 3.37. The van der Waals surface area contributed by atoms with Gasteiger partial charge >= 0.3 is 0 Å². The molecule has 0 fully saturated rings. The summed E-state index contributed by atoms with van der Waals surface area (Å²) in [6.07, 6.45) is 0. The Balaban J connectivity index is 1.61. The molecule has 6 nitrogen and oxygen atoms in total. The molecular weight excluding hydrogens is 400 g/mol. The molecular formula is C18H17ClN6S2. The van der Waals surface area contributed by atoms with E-state index in [1.54, 1.807) is 23.5 Å². The molecule has 0 spiro atoms. The van der Waals surface area contributed by atoms with Crippen molar-refractivity contribution in [3.8, 4) is 5.69 Å². The van der Waals surface area contributed by atoms with Crippen molar-refractivity contribution < 1.29 is 0 Å². The van der Waals surface area contributed by atoms with Crippen LogP contribution in [-0.4, -0.2) is 24.7 Å². The van der Waals surface area contributed by atoms with E-state index in [2.05, 4.69) is 39.1 Å². The summed E-state index contributed by atoms with van der Waals surface area (Å²) in [6, 6.07) is 9.98. The smallest absolute Gasteiger partial charge is 0.216 e. The minimum Gasteiger partial charge on any atom is -0.252 e. The summed E-state index contributed by atoms with van der Waals surface area (Å²) in [7, 11) is 0. The van der Waals surface area contributed by atoms with E-state index in [0.29, 0.717) is 5.15 Å². The maximum absolute atomic E-state index is 6.83. The number of aryl methyl sites for hydroxylation is 1. The Morgan fingerprint density at radius 2 is 1.93 bits per heavy atom. The predicted molar refractivity (Wildman–Crippen MR) is 110 cm³/mol. The molecule has 0 aliphatic carbocycles. The normalized spacial score (nSPS) is 18.2. The molecule has 9 heteroatoms. The molecule has 3 aromatic rings. The molecule has 0 saturated carbocycles. The summed E-state index contributed by atoms with van der Waals surface area (Å²) in [5.74, 6) is 1.23. The number of para-hydroxylation sites is 1. The van der Waals surface area contributed by atoms with Crippen LogP contribution in [0.1, 0.15) is 42.2 Å². The number of hydrogen-bond donors (Lipinski definition) is 0. The van der Waals surface area contributed by atoms with E-state index < -0.39 is 0 Å². The molecule has 4 heterocycles. The fourth-order valence-corrected chi connectivity index (χ4v) is 6.12. The number of hydrogen-bond acceptors (Lipinski definition) is 6. The molecule has 0 N–H and O–H groups in total. The lowest BCUT2D eigenvalue weighted by Gasteiger charge is -2.26. The summed E-state index contributed by atoms with van der Waals surface area (Å²) < 4.78 is 3.94. The fraction of sp³-hybridized carbons (Fsp3) is 0.278. The zero-order valence-corrected chi connectivity index (χ0v) is 17.4. The van der Waals surface area contributed by atoms with Crippen LogP contribution in [-0.2, 0) is 0 Å². The van der Waals surface area contributed by atoms with E-state index in [1.807, 2.05) is 41.9 Å². The third kappa shape index (κ3) is 2.54. The van der Waals surface area contributed by atoms with Crippen LogP contribution in [0.15, 0.2) is 45.9 Å². The third-order valence-electron chi connectivity index (χ3n) is 4.61. The second-order valence-electron chi connectivity index (χ2n) is 6.74. The second-order valence-corrected chi connectivity index (χ2v) is 9.04. The van der Waals surface area contributed by atoms with Crippen LogP contribution in [0.2, 0.25) is 5.15 Å². The Hall–Kier alpha value is -1.90. The Morgan fingerprint density at radius 1 is 1.15 bits per heavy atom. The van der Waals surface area contributed by atoms with Gasteiger partial charge in [0.1, 0.15) is 15.6 Å². The Morgan fingerprint density at radius 3 is 2.67 bits per heavy atom. The molecule has 5 rings (SSSR count). The molecule has 138 valence electrons. The van der Waals surface area contributed by atoms with E-state index in [1.165, 1.54) is 0 Å². The zero-order chi connectivity index (χ0) is 18.7. The van der Waals surface area contributed by atoms with Gasteiger partial charge in [0.25, 0.3) is 0 Å². The van der Waals surface area contributed by atoms with Gasteiger partial charge in [0.2, 0.25) is 5.16 Å². The molecule has 0 amide bonds. The summed E-state index contributed by atoms with van der Waals surface area (Å²) >= 11 is 10.2. The van der Waals surface area contributed by atoms with Crippen molar-refractivity contribution in [3.05, 3.63) is 63.0 Å². The minimum atomic E-state index is 0.00668. The number of aromatic nitrogens is 5. The van der Waals surface area contributed by atoms with Crippen molar-refractivity contribution >= 4 is 35.1 Å². The van der Waals surface area contributed by atoms with Crippen molar-refractivity contribution in [1.29, 1.82) is 0 Å². The summed E-state index contributed by atoms with van der Waals surface area (Å²) in [5, 5.41) is 20.6. The topological polar surface area (TPSA) is 51.8 Å². The lowest BCUT2D eigenvalue weighted by Crippen LogP contribution is -2.31. The van der Waals surface area contributed by atoms with Crippen LogP contribution >= 0.6 is 35.1 Å². The molecule has 1 unspecified atom stereocenters. The van der Waals surface area contributed by atoms with Crippen molar-refractivity contribution in [3.63, 3.8) is 0 Å². The van der Waals surface area contributed by atoms with Gasteiger partial charge in [-0.1, -0.05) is 55.4 Å². The average molecular weight is 417 g/mol. The van der Waals surface area contributed by atoms with Crippen LogP contribution in [0.5, 0.6) is 0 Å². The van der Waals surface area contributed by atoms with Gasteiger partial charge in [-0.05, 0) is 30.8 Å². The number of halogens is 1. The van der Waals surface area contributed by atoms with E-state index in [0.717, 1.165) is 33.0 Å². The van der Waals surface area contributed by atoms with Gasteiger partial charge in [0.15, 0.2) is 5.82 Å². The summed E-state index contributed by atoms with van der Waals surface area (Å²) in [6.45, 7) is 6.28. The highest BCUT2D eigenvalue weighted by Crippen LogP contribution is 2.53. The van der Waals surface area contributed by atoms with Crippen LogP contribution < -0.4 is 5.01 Å². The molecule has 1 aromatic carbocycles. The van der Waals surface area contributed by atoms with Gasteiger partial charge in [-0.25, -0.2) is 9.36 Å². The number of thioether (sulfide) groups is 2. The molecule has 2 aliphatic rings. The standard InChI is InChI=1S/C18H17ClN6S2/c1-10(2)16-20-21-18-25(16)24-13(27-18)9-26-17(24)14-11(3)22-23(15(14)19)12-7-5-4-6-8-12/h4-10,17H,1-3H3. The first-order valence-corrected chi connectivity index (χ1v) is 10.8. The zero-order valence-electron chi connectivity index (χ0n) is 15.0. The van der Waals surface area contributed by atoms with E-state index in [9.17, 15) is 0 Å². The highest BCUT2D eigenvalue weighted by atomic mass is 35.5. The second kappa shape index (κ2) is 6.32. The van der Waals surface area contributed by atoms with E-state index in [-0.39, 0.29) is 11.3 Å². The van der Waals surface area contributed by atoms with Gasteiger partial charge in [0, 0.05) is 16.9 Å². The first kappa shape index (κ1) is 17.2. The lowest BCUT2D eigenvalue weighted by molar-refractivity contribution is 0.581. The van der Waals surface area contributed by atoms with Gasteiger partial charge in [0.05, 0.1) is 11.4 Å². The van der Waals surface area contributed by atoms with Crippen LogP contribution in [0, 0.1) is 6.92 Å². The fourth-order valence-electron chi connectivity index (χ4n) is 3.34. The summed E-state index contributed by atoms with van der Waals surface area (Å²) in [5.41, 5.74) is 2.90. The maximum Gasteiger partial charge on any atom is 0.216 e. The molecule has 0 saturated heterocycles. The first-order valence-electron chi connectivity index (χ1n) is 8.65. The van der Waals surface area contributed by atoms with Crippen LogP contribution in [0.4, 0.5) is 0 Å². The van der Waals surface area contributed by atoms with Gasteiger partial charge in [-0.2, -0.15) is 5.10 Å². The molecule has 0 bridgehead atoms. The quantitative estimate of drug-likeness (QED) is 0.609. The monoisotopic (exact) mass is 416 g/mol. The summed E-state index contributed by atoms with van der Waals surface area (Å²) in [4.78, 5) is 0. The van der Waals surface area contributed by atoms with Crippen LogP contribution in [0.3, 0.4) is 0 Å². The SMILES string of the molecule is Cc1nn(-c2ccccc2)c(Cl)c1C1SC=C2Sc3nnc(C(C)C)n3N21. The highest BCUT2D eigenvalue weighted by molar-refractivity contribution is 8.07. The Kier molecular flexibility index (Phi) is 4.03. The number of rotatable bonds is 3. The van der Waals surface area contributed by atoms with Crippen molar-refractivity contribution in [2.75, 3.05) is 5.01 Å². The van der Waals surface area contributed by atoms with Crippen molar-refractivity contribution in [2.24, 2.45) is 0 Å². The minimum absolute atomic E-state index is 0.00668. The number of fused-ring (bicyclic) bond motifs is 3. The first-order chi connectivity index (χ1) is 13.1. The van der Waals surface area contributed by atoms with Crippen LogP contribution in [0.25, 0.3) is 5.69 Å². The van der Waals surface area contributed by atoms with Crippen molar-refractivity contribution in [1.82, 2.24) is 24.7 Å². The predicted octanol–water partition coefficient (Wildman–Crippen LogP) is 4.84. The van der Waals surface area contributed by atoms with Crippen molar-refractivity contribution in [2.45, 2.75) is 37.2 Å². The molecule has 2 aromatic heterocycles. The molecule has 1 atom stereocenters. The molecule has 0 radical (unpaired) electrons. The van der Waals surface area contributed by atoms with Gasteiger partial charge in [-0.3, -0.25) is 5.01 Å². The van der Waals surface area contributed by atoms with E-state index in [4.69, 9.17) is 16.7 Å². The largest absolute Gasteiger partial charge is 0.252 e. The third-order valence-corrected chi connectivity index (χ3v) is 7.12.